The predicted molar refractivity (Wildman–Crippen MR) is 59.5 cm³/mol. The Balaban J connectivity index is 2.42. The van der Waals surface area contributed by atoms with E-state index in [0.717, 1.165) is 17.6 Å². The second-order valence-electron chi connectivity index (χ2n) is 3.71. The molecule has 4 heteroatoms. The van der Waals surface area contributed by atoms with Crippen molar-refractivity contribution in [3.63, 3.8) is 0 Å². The molecule has 1 aliphatic rings. The smallest absolute Gasteiger partial charge is 0.328 e. The zero-order chi connectivity index (χ0) is 10.8. The van der Waals surface area contributed by atoms with Gasteiger partial charge in [0.2, 0.25) is 0 Å². The molecule has 1 N–H and O–H groups in total. The van der Waals surface area contributed by atoms with Crippen LogP contribution in [0.15, 0.2) is 18.2 Å². The largest absolute Gasteiger partial charge is 0.468 e. The van der Waals surface area contributed by atoms with E-state index in [2.05, 4.69) is 13.0 Å². The Morgan fingerprint density at radius 1 is 1.53 bits per heavy atom. The van der Waals surface area contributed by atoms with E-state index < -0.39 is 0 Å². The number of aliphatic hydroxyl groups excluding tert-OH is 1. The van der Waals surface area contributed by atoms with Crippen LogP contribution in [0.5, 0.6) is 5.75 Å². The Morgan fingerprint density at radius 2 is 2.33 bits per heavy atom. The fourth-order valence-corrected chi connectivity index (χ4v) is 2.18. The third kappa shape index (κ3) is 1.75. The van der Waals surface area contributed by atoms with Gasteiger partial charge in [-0.3, -0.25) is 0 Å². The Bertz CT molecular complexity index is 354. The molecule has 1 atom stereocenters. The van der Waals surface area contributed by atoms with Gasteiger partial charge >= 0.3 is 6.92 Å². The zero-order valence-corrected chi connectivity index (χ0v) is 9.06. The summed E-state index contributed by atoms with van der Waals surface area (Å²) in [5.74, 6) is 0.735. The lowest BCUT2D eigenvalue weighted by Crippen LogP contribution is -2.26. The third-order valence-corrected chi connectivity index (χ3v) is 2.81. The van der Waals surface area contributed by atoms with Crippen LogP contribution in [-0.2, 0) is 4.65 Å². The van der Waals surface area contributed by atoms with Crippen molar-refractivity contribution in [2.24, 2.45) is 0 Å². The van der Waals surface area contributed by atoms with Crippen molar-refractivity contribution in [2.45, 2.75) is 26.3 Å². The molecule has 2 rings (SSSR count). The standard InChI is InChI=1S/C11H15BO3/c1-3-9-8-5-4-6-10(14-7-13)11(8)12(2)15-9/h4-6,9,13H,3,7H2,1-2H3/t9-/m1/s1. The lowest BCUT2D eigenvalue weighted by Gasteiger charge is -2.10. The van der Waals surface area contributed by atoms with E-state index in [9.17, 15) is 0 Å². The number of hydrogen-bond acceptors (Lipinski definition) is 3. The minimum absolute atomic E-state index is 0.0488. The fourth-order valence-electron chi connectivity index (χ4n) is 2.18. The minimum Gasteiger partial charge on any atom is -0.468 e. The molecule has 0 amide bonds. The number of aliphatic hydroxyl groups is 1. The highest BCUT2D eigenvalue weighted by molar-refractivity contribution is 6.68. The molecule has 0 fully saturated rings. The molecule has 0 aromatic heterocycles. The first-order valence-corrected chi connectivity index (χ1v) is 5.29. The molecule has 1 aromatic carbocycles. The highest BCUT2D eigenvalue weighted by Crippen LogP contribution is 2.30. The monoisotopic (exact) mass is 206 g/mol. The SMILES string of the molecule is CC[C@H]1OB(C)c2c(OCO)cccc21. The second-order valence-corrected chi connectivity index (χ2v) is 3.71. The highest BCUT2D eigenvalue weighted by Gasteiger charge is 2.33. The Hall–Kier alpha value is -0.995. The summed E-state index contributed by atoms with van der Waals surface area (Å²) in [5.41, 5.74) is 2.27. The molecule has 1 heterocycles. The van der Waals surface area contributed by atoms with Gasteiger partial charge in [-0.15, -0.1) is 0 Å². The molecule has 0 spiro atoms. The summed E-state index contributed by atoms with van der Waals surface area (Å²) in [6.45, 7) is 3.87. The first-order chi connectivity index (χ1) is 7.27. The Kier molecular flexibility index (Phi) is 2.98. The van der Waals surface area contributed by atoms with Gasteiger partial charge in [-0.2, -0.15) is 0 Å². The number of fused-ring (bicyclic) bond motifs is 1. The van der Waals surface area contributed by atoms with Gasteiger partial charge in [-0.05, 0) is 23.5 Å². The molecule has 0 saturated carbocycles. The average molecular weight is 206 g/mol. The van der Waals surface area contributed by atoms with Crippen LogP contribution in [0.25, 0.3) is 0 Å². The molecular weight excluding hydrogens is 191 g/mol. The van der Waals surface area contributed by atoms with Crippen LogP contribution in [0.2, 0.25) is 6.82 Å². The van der Waals surface area contributed by atoms with Crippen molar-refractivity contribution < 1.29 is 14.5 Å². The molecule has 15 heavy (non-hydrogen) atoms. The molecule has 0 unspecified atom stereocenters. The van der Waals surface area contributed by atoms with Gasteiger partial charge < -0.3 is 14.5 Å². The lowest BCUT2D eigenvalue weighted by atomic mass is 9.63. The van der Waals surface area contributed by atoms with Crippen molar-refractivity contribution in [1.29, 1.82) is 0 Å². The number of ether oxygens (including phenoxy) is 1. The van der Waals surface area contributed by atoms with Gasteiger partial charge in [-0.1, -0.05) is 25.9 Å². The molecule has 1 aliphatic heterocycles. The van der Waals surface area contributed by atoms with Crippen molar-refractivity contribution in [3.05, 3.63) is 23.8 Å². The number of rotatable bonds is 3. The lowest BCUT2D eigenvalue weighted by molar-refractivity contribution is 0.0995. The molecule has 1 aromatic rings. The highest BCUT2D eigenvalue weighted by atomic mass is 16.6. The summed E-state index contributed by atoms with van der Waals surface area (Å²) < 4.78 is 11.0. The maximum atomic E-state index is 8.80. The summed E-state index contributed by atoms with van der Waals surface area (Å²) in [6, 6.07) is 5.87. The Labute approximate surface area is 90.1 Å². The minimum atomic E-state index is -0.292. The van der Waals surface area contributed by atoms with Crippen LogP contribution in [0.3, 0.4) is 0 Å². The van der Waals surface area contributed by atoms with Crippen LogP contribution < -0.4 is 10.2 Å². The molecule has 80 valence electrons. The summed E-state index contributed by atoms with van der Waals surface area (Å²) in [6.07, 6.45) is 1.12. The van der Waals surface area contributed by atoms with Crippen LogP contribution in [0.4, 0.5) is 0 Å². The predicted octanol–water partition coefficient (Wildman–Crippen LogP) is 1.32. The fraction of sp³-hybridized carbons (Fsp3) is 0.455. The maximum absolute atomic E-state index is 8.80. The quantitative estimate of drug-likeness (QED) is 0.598. The number of benzene rings is 1. The molecule has 3 nitrogen and oxygen atoms in total. The normalized spacial score (nSPS) is 19.1. The zero-order valence-electron chi connectivity index (χ0n) is 9.06. The van der Waals surface area contributed by atoms with Crippen LogP contribution in [-0.4, -0.2) is 18.8 Å². The van der Waals surface area contributed by atoms with E-state index >= 15 is 0 Å². The van der Waals surface area contributed by atoms with E-state index in [1.807, 2.05) is 19.0 Å². The van der Waals surface area contributed by atoms with Crippen LogP contribution >= 0.6 is 0 Å². The molecule has 0 aliphatic carbocycles. The van der Waals surface area contributed by atoms with Crippen LogP contribution in [0, 0.1) is 0 Å². The third-order valence-electron chi connectivity index (χ3n) is 2.81. The summed E-state index contributed by atoms with van der Waals surface area (Å²) in [7, 11) is 0. The summed E-state index contributed by atoms with van der Waals surface area (Å²) in [5, 5.41) is 8.80. The van der Waals surface area contributed by atoms with E-state index in [-0.39, 0.29) is 19.8 Å². The molecule has 0 bridgehead atoms. The van der Waals surface area contributed by atoms with Gasteiger partial charge in [0.15, 0.2) is 6.79 Å². The van der Waals surface area contributed by atoms with E-state index in [0.29, 0.717) is 0 Å². The average Bonchev–Trinajstić information content (AvgIpc) is 2.57. The molecule has 0 saturated heterocycles. The second kappa shape index (κ2) is 4.25. The van der Waals surface area contributed by atoms with Gasteiger partial charge in [0.1, 0.15) is 5.75 Å². The summed E-state index contributed by atoms with van der Waals surface area (Å²) in [4.78, 5) is 0. The summed E-state index contributed by atoms with van der Waals surface area (Å²) >= 11 is 0. The van der Waals surface area contributed by atoms with Gasteiger partial charge in [0, 0.05) is 0 Å². The van der Waals surface area contributed by atoms with Gasteiger partial charge in [0.25, 0.3) is 0 Å². The van der Waals surface area contributed by atoms with Crippen molar-refractivity contribution in [1.82, 2.24) is 0 Å². The van der Waals surface area contributed by atoms with Crippen molar-refractivity contribution in [2.75, 3.05) is 6.79 Å². The van der Waals surface area contributed by atoms with E-state index in [4.69, 9.17) is 14.5 Å². The molecule has 0 radical (unpaired) electrons. The van der Waals surface area contributed by atoms with E-state index in [1.54, 1.807) is 0 Å². The van der Waals surface area contributed by atoms with Crippen molar-refractivity contribution >= 4 is 12.4 Å². The first-order valence-electron chi connectivity index (χ1n) is 5.29. The first kappa shape index (κ1) is 10.5. The van der Waals surface area contributed by atoms with Gasteiger partial charge in [-0.25, -0.2) is 0 Å². The number of hydrogen-bond donors (Lipinski definition) is 1. The Morgan fingerprint density at radius 3 is 3.00 bits per heavy atom. The van der Waals surface area contributed by atoms with Crippen LogP contribution in [0.1, 0.15) is 25.0 Å². The topological polar surface area (TPSA) is 38.7 Å². The van der Waals surface area contributed by atoms with E-state index in [1.165, 1.54) is 5.56 Å². The maximum Gasteiger partial charge on any atom is 0.328 e. The van der Waals surface area contributed by atoms with Gasteiger partial charge in [0.05, 0.1) is 6.10 Å². The molecular formula is C11H15BO3. The van der Waals surface area contributed by atoms with Crippen molar-refractivity contribution in [3.8, 4) is 5.75 Å².